The molecular weight excluding hydrogens is 338 g/mol. The zero-order valence-corrected chi connectivity index (χ0v) is 14.2. The normalized spacial score (nSPS) is 19.1. The lowest BCUT2D eigenvalue weighted by Crippen LogP contribution is -2.39. The number of nitrogens with zero attached hydrogens (tertiary/aromatic N) is 1. The van der Waals surface area contributed by atoms with Crippen LogP contribution in [0.3, 0.4) is 0 Å². The third-order valence-electron chi connectivity index (χ3n) is 4.46. The van der Waals surface area contributed by atoms with Gasteiger partial charge in [0.2, 0.25) is 0 Å². The van der Waals surface area contributed by atoms with E-state index in [2.05, 4.69) is 11.4 Å². The molecule has 1 aromatic heterocycles. The zero-order chi connectivity index (χ0) is 18.0. The maximum Gasteiger partial charge on any atom is 0.254 e. The first-order chi connectivity index (χ1) is 12.0. The highest BCUT2D eigenvalue weighted by atomic mass is 32.1. The van der Waals surface area contributed by atoms with Crippen molar-refractivity contribution in [1.82, 2.24) is 5.32 Å². The summed E-state index contributed by atoms with van der Waals surface area (Å²) in [5.41, 5.74) is 6.29. The van der Waals surface area contributed by atoms with Gasteiger partial charge in [-0.15, -0.1) is 11.3 Å². The molecule has 1 unspecified atom stereocenters. The summed E-state index contributed by atoms with van der Waals surface area (Å²) in [6.07, 6.45) is 0.717. The number of hydrogen-bond acceptors (Lipinski definition) is 6. The minimum Gasteiger partial charge on any atom is -0.395 e. The van der Waals surface area contributed by atoms with Gasteiger partial charge in [0.1, 0.15) is 5.41 Å². The Hall–Kier alpha value is -2.69. The first kappa shape index (κ1) is 17.1. The molecule has 4 N–H and O–H groups in total. The van der Waals surface area contributed by atoms with Gasteiger partial charge >= 0.3 is 0 Å². The molecule has 25 heavy (non-hydrogen) atoms. The first-order valence-electron chi connectivity index (χ1n) is 7.87. The Kier molecular flexibility index (Phi) is 4.57. The molecule has 1 aliphatic rings. The van der Waals surface area contributed by atoms with E-state index in [0.29, 0.717) is 34.4 Å². The third kappa shape index (κ3) is 2.69. The van der Waals surface area contributed by atoms with Crippen LogP contribution in [-0.2, 0) is 11.8 Å². The van der Waals surface area contributed by atoms with Gasteiger partial charge in [0, 0.05) is 6.54 Å². The Balaban J connectivity index is 2.05. The molecule has 0 saturated carbocycles. The number of anilines is 1. The highest BCUT2D eigenvalue weighted by molar-refractivity contribution is 7.18. The van der Waals surface area contributed by atoms with E-state index in [1.54, 1.807) is 24.3 Å². The number of rotatable bonds is 4. The highest BCUT2D eigenvalue weighted by Crippen LogP contribution is 2.44. The molecule has 1 aliphatic carbocycles. The van der Waals surface area contributed by atoms with Gasteiger partial charge in [-0.3, -0.25) is 9.59 Å². The number of nitriles is 1. The molecule has 0 spiro atoms. The van der Waals surface area contributed by atoms with E-state index in [4.69, 9.17) is 10.8 Å². The summed E-state index contributed by atoms with van der Waals surface area (Å²) in [6.45, 7) is -0.0640. The molecule has 128 valence electrons. The van der Waals surface area contributed by atoms with E-state index in [-0.39, 0.29) is 23.9 Å². The van der Waals surface area contributed by atoms with Crippen LogP contribution < -0.4 is 11.1 Å². The smallest absolute Gasteiger partial charge is 0.254 e. The predicted molar refractivity (Wildman–Crippen MR) is 94.5 cm³/mol. The minimum atomic E-state index is -1.25. The van der Waals surface area contributed by atoms with Gasteiger partial charge in [-0.05, 0) is 24.0 Å². The van der Waals surface area contributed by atoms with Crippen molar-refractivity contribution >= 4 is 28.0 Å². The minimum absolute atomic E-state index is 0.114. The first-order valence-corrected chi connectivity index (χ1v) is 8.68. The van der Waals surface area contributed by atoms with E-state index in [9.17, 15) is 14.9 Å². The van der Waals surface area contributed by atoms with Crippen molar-refractivity contribution in [2.45, 2.75) is 18.3 Å². The second kappa shape index (κ2) is 6.67. The molecule has 0 fully saturated rings. The number of fused-ring (bicyclic) bond motifs is 1. The summed E-state index contributed by atoms with van der Waals surface area (Å²) in [4.78, 5) is 25.8. The van der Waals surface area contributed by atoms with E-state index in [1.165, 1.54) is 0 Å². The van der Waals surface area contributed by atoms with Crippen molar-refractivity contribution in [3.63, 3.8) is 0 Å². The van der Waals surface area contributed by atoms with E-state index >= 15 is 0 Å². The Morgan fingerprint density at radius 1 is 1.40 bits per heavy atom. The fourth-order valence-corrected chi connectivity index (χ4v) is 4.33. The second-order valence-corrected chi connectivity index (χ2v) is 6.89. The molecule has 3 rings (SSSR count). The lowest BCUT2D eigenvalue weighted by Gasteiger charge is -2.29. The Labute approximate surface area is 148 Å². The van der Waals surface area contributed by atoms with Gasteiger partial charge < -0.3 is 16.2 Å². The average Bonchev–Trinajstić information content (AvgIpc) is 2.98. The molecule has 1 atom stereocenters. The van der Waals surface area contributed by atoms with Crippen molar-refractivity contribution in [3.05, 3.63) is 51.9 Å². The summed E-state index contributed by atoms with van der Waals surface area (Å²) in [7, 11) is 0. The average molecular weight is 355 g/mol. The molecule has 0 radical (unpaired) electrons. The quantitative estimate of drug-likeness (QED) is 0.771. The SMILES string of the molecule is N#CC1(c2ccccc2)CCc2c(sc(N)c2C(=O)NCCO)C1=O. The molecule has 1 amide bonds. The number of ketones is 1. The number of aliphatic hydroxyl groups excluding tert-OH is 1. The zero-order valence-electron chi connectivity index (χ0n) is 13.4. The molecule has 1 aromatic carbocycles. The molecule has 6 nitrogen and oxygen atoms in total. The number of thiophene rings is 1. The van der Waals surface area contributed by atoms with E-state index in [1.807, 2.05) is 6.07 Å². The monoisotopic (exact) mass is 355 g/mol. The summed E-state index contributed by atoms with van der Waals surface area (Å²) >= 11 is 1.05. The fourth-order valence-electron chi connectivity index (χ4n) is 3.20. The van der Waals surface area contributed by atoms with Gasteiger partial charge in [0.15, 0.2) is 5.78 Å². The summed E-state index contributed by atoms with van der Waals surface area (Å²) in [6, 6.07) is 11.2. The number of Topliss-reactive ketones (excluding diaryl/α,β-unsaturated/α-hetero) is 1. The van der Waals surface area contributed by atoms with Gasteiger partial charge in [0.25, 0.3) is 5.91 Å². The van der Waals surface area contributed by atoms with E-state index < -0.39 is 11.3 Å². The number of nitrogen functional groups attached to an aromatic ring is 1. The largest absolute Gasteiger partial charge is 0.395 e. The number of carbonyl (C=O) groups is 2. The molecule has 0 saturated heterocycles. The molecule has 0 bridgehead atoms. The maximum atomic E-state index is 13.1. The van der Waals surface area contributed by atoms with Crippen molar-refractivity contribution in [1.29, 1.82) is 5.26 Å². The summed E-state index contributed by atoms with van der Waals surface area (Å²) in [5.74, 6) is -0.707. The Bertz CT molecular complexity index is 870. The van der Waals surface area contributed by atoms with Crippen LogP contribution in [-0.4, -0.2) is 29.9 Å². The van der Waals surface area contributed by atoms with Gasteiger partial charge in [-0.25, -0.2) is 0 Å². The number of benzene rings is 1. The van der Waals surface area contributed by atoms with Crippen LogP contribution in [0.5, 0.6) is 0 Å². The Morgan fingerprint density at radius 3 is 2.76 bits per heavy atom. The number of amides is 1. The number of carbonyl (C=O) groups excluding carboxylic acids is 2. The fraction of sp³-hybridized carbons (Fsp3) is 0.278. The number of aliphatic hydroxyl groups is 1. The topological polar surface area (TPSA) is 116 Å². The second-order valence-electron chi connectivity index (χ2n) is 5.84. The van der Waals surface area contributed by atoms with Crippen molar-refractivity contribution < 1.29 is 14.7 Å². The summed E-state index contributed by atoms with van der Waals surface area (Å²) in [5, 5.41) is 21.5. The van der Waals surface area contributed by atoms with Gasteiger partial charge in [-0.2, -0.15) is 5.26 Å². The summed E-state index contributed by atoms with van der Waals surface area (Å²) < 4.78 is 0. The van der Waals surface area contributed by atoms with Crippen LogP contribution >= 0.6 is 11.3 Å². The van der Waals surface area contributed by atoms with Crippen LogP contribution in [0.1, 0.15) is 37.6 Å². The van der Waals surface area contributed by atoms with Crippen LogP contribution in [0.15, 0.2) is 30.3 Å². The third-order valence-corrected chi connectivity index (χ3v) is 5.52. The molecular formula is C18H17N3O3S. The maximum absolute atomic E-state index is 13.1. The van der Waals surface area contributed by atoms with Crippen LogP contribution in [0.4, 0.5) is 5.00 Å². The van der Waals surface area contributed by atoms with Crippen molar-refractivity contribution in [2.75, 3.05) is 18.9 Å². The molecule has 1 heterocycles. The standard InChI is InChI=1S/C18H17N3O3S/c19-10-18(11-4-2-1-3-5-11)7-6-12-13(17(24)21-8-9-22)16(20)25-14(12)15(18)23/h1-5,22H,6-9,20H2,(H,21,24). The van der Waals surface area contributed by atoms with Crippen molar-refractivity contribution in [3.8, 4) is 6.07 Å². The van der Waals surface area contributed by atoms with E-state index in [0.717, 1.165) is 11.3 Å². The lowest BCUT2D eigenvalue weighted by molar-refractivity contribution is 0.0908. The Morgan fingerprint density at radius 2 is 2.12 bits per heavy atom. The molecule has 0 aliphatic heterocycles. The lowest BCUT2D eigenvalue weighted by atomic mass is 9.69. The van der Waals surface area contributed by atoms with Crippen molar-refractivity contribution in [2.24, 2.45) is 0 Å². The number of hydrogen-bond donors (Lipinski definition) is 3. The molecule has 2 aromatic rings. The van der Waals surface area contributed by atoms with Crippen LogP contribution in [0, 0.1) is 11.3 Å². The number of nitrogens with one attached hydrogen (secondary N) is 1. The van der Waals surface area contributed by atoms with Crippen LogP contribution in [0.2, 0.25) is 0 Å². The van der Waals surface area contributed by atoms with Crippen LogP contribution in [0.25, 0.3) is 0 Å². The molecule has 7 heteroatoms. The number of nitrogens with two attached hydrogens (primary N) is 1. The highest BCUT2D eigenvalue weighted by Gasteiger charge is 2.47. The van der Waals surface area contributed by atoms with Gasteiger partial charge in [0.05, 0.1) is 28.1 Å². The predicted octanol–water partition coefficient (Wildman–Crippen LogP) is 1.64. The van der Waals surface area contributed by atoms with Gasteiger partial charge in [-0.1, -0.05) is 30.3 Å².